The van der Waals surface area contributed by atoms with Crippen LogP contribution in [-0.4, -0.2) is 18.5 Å². The van der Waals surface area contributed by atoms with E-state index in [9.17, 15) is 0 Å². The van der Waals surface area contributed by atoms with Crippen LogP contribution in [0.1, 0.15) is 59.3 Å². The molecular weight excluding hydrogens is 200 g/mol. The summed E-state index contributed by atoms with van der Waals surface area (Å²) < 4.78 is 0. The number of hydrogen-bond acceptors (Lipinski definition) is 2. The number of guanidine groups is 1. The number of hydrazine groups is 1. The fourth-order valence-corrected chi connectivity index (χ4v) is 1.64. The maximum atomic E-state index is 5.44. The Morgan fingerprint density at radius 3 is 2.38 bits per heavy atom. The topological polar surface area (TPSA) is 62.4 Å². The predicted octanol–water partition coefficient (Wildman–Crippen LogP) is 2.16. The second-order valence-corrected chi connectivity index (χ2v) is 4.15. The Kier molecular flexibility index (Phi) is 10.2. The molecule has 0 radical (unpaired) electrons. The van der Waals surface area contributed by atoms with E-state index in [4.69, 9.17) is 5.84 Å². The normalized spacial score (nSPS) is 13.6. The van der Waals surface area contributed by atoms with E-state index in [-0.39, 0.29) is 0 Å². The Balaban J connectivity index is 4.10. The van der Waals surface area contributed by atoms with Gasteiger partial charge in [-0.05, 0) is 19.3 Å². The summed E-state index contributed by atoms with van der Waals surface area (Å²) in [6.45, 7) is 7.35. The van der Waals surface area contributed by atoms with Crippen molar-refractivity contribution in [2.45, 2.75) is 65.3 Å². The van der Waals surface area contributed by atoms with Gasteiger partial charge in [0.2, 0.25) is 5.96 Å². The highest BCUT2D eigenvalue weighted by atomic mass is 15.3. The first-order valence-corrected chi connectivity index (χ1v) is 6.56. The SMILES string of the molecule is CCCCC(CCC)NC(=NCCC)NN. The molecule has 0 spiro atoms. The lowest BCUT2D eigenvalue weighted by Gasteiger charge is -2.20. The van der Waals surface area contributed by atoms with E-state index in [1.165, 1.54) is 32.1 Å². The van der Waals surface area contributed by atoms with Crippen molar-refractivity contribution in [3.05, 3.63) is 0 Å². The van der Waals surface area contributed by atoms with Crippen LogP contribution in [0.25, 0.3) is 0 Å². The molecule has 0 aliphatic carbocycles. The molecule has 0 aromatic rings. The van der Waals surface area contributed by atoms with Crippen LogP contribution in [0.15, 0.2) is 4.99 Å². The Morgan fingerprint density at radius 1 is 1.12 bits per heavy atom. The van der Waals surface area contributed by atoms with Gasteiger partial charge in [0.05, 0.1) is 0 Å². The molecule has 0 saturated carbocycles. The highest BCUT2D eigenvalue weighted by Gasteiger charge is 2.08. The Morgan fingerprint density at radius 2 is 1.88 bits per heavy atom. The van der Waals surface area contributed by atoms with Crippen molar-refractivity contribution in [1.82, 2.24) is 10.7 Å². The fraction of sp³-hybridized carbons (Fsp3) is 0.917. The Hall–Kier alpha value is -0.770. The van der Waals surface area contributed by atoms with E-state index < -0.39 is 0 Å². The smallest absolute Gasteiger partial charge is 0.205 e. The van der Waals surface area contributed by atoms with Gasteiger partial charge in [0.25, 0.3) is 0 Å². The minimum atomic E-state index is 0.497. The van der Waals surface area contributed by atoms with Crippen LogP contribution in [0.3, 0.4) is 0 Å². The molecule has 0 fully saturated rings. The molecule has 0 bridgehead atoms. The van der Waals surface area contributed by atoms with Crippen molar-refractivity contribution in [2.24, 2.45) is 10.8 Å². The van der Waals surface area contributed by atoms with Crippen LogP contribution in [-0.2, 0) is 0 Å². The van der Waals surface area contributed by atoms with Gasteiger partial charge in [0, 0.05) is 12.6 Å². The molecule has 4 nitrogen and oxygen atoms in total. The second kappa shape index (κ2) is 10.7. The molecular formula is C12H28N4. The van der Waals surface area contributed by atoms with Crippen LogP contribution in [0.2, 0.25) is 0 Å². The standard InChI is InChI=1S/C12H28N4/c1-4-7-9-11(8-5-2)15-12(16-13)14-10-6-3/h11H,4-10,13H2,1-3H3,(H2,14,15,16). The summed E-state index contributed by atoms with van der Waals surface area (Å²) >= 11 is 0. The van der Waals surface area contributed by atoms with Crippen LogP contribution in [0.4, 0.5) is 0 Å². The van der Waals surface area contributed by atoms with Gasteiger partial charge in [-0.3, -0.25) is 10.4 Å². The lowest BCUT2D eigenvalue weighted by atomic mass is 10.1. The van der Waals surface area contributed by atoms with Crippen LogP contribution < -0.4 is 16.6 Å². The molecule has 0 amide bonds. The van der Waals surface area contributed by atoms with E-state index in [0.717, 1.165) is 18.9 Å². The molecule has 0 rings (SSSR count). The first-order valence-electron chi connectivity index (χ1n) is 6.56. The molecule has 4 N–H and O–H groups in total. The van der Waals surface area contributed by atoms with Crippen LogP contribution in [0.5, 0.6) is 0 Å². The lowest BCUT2D eigenvalue weighted by molar-refractivity contribution is 0.488. The summed E-state index contributed by atoms with van der Waals surface area (Å²) in [7, 11) is 0. The summed E-state index contributed by atoms with van der Waals surface area (Å²) in [6, 6.07) is 0.497. The number of nitrogens with two attached hydrogens (primary N) is 1. The molecule has 96 valence electrons. The third-order valence-electron chi connectivity index (χ3n) is 2.51. The van der Waals surface area contributed by atoms with E-state index in [2.05, 4.69) is 36.5 Å². The zero-order chi connectivity index (χ0) is 12.2. The van der Waals surface area contributed by atoms with Gasteiger partial charge in [0.15, 0.2) is 0 Å². The van der Waals surface area contributed by atoms with Gasteiger partial charge in [-0.1, -0.05) is 40.0 Å². The first-order chi connectivity index (χ1) is 7.78. The van der Waals surface area contributed by atoms with Crippen molar-refractivity contribution in [3.8, 4) is 0 Å². The summed E-state index contributed by atoms with van der Waals surface area (Å²) in [5, 5.41) is 3.39. The fourth-order valence-electron chi connectivity index (χ4n) is 1.64. The van der Waals surface area contributed by atoms with Crippen molar-refractivity contribution < 1.29 is 0 Å². The third-order valence-corrected chi connectivity index (χ3v) is 2.51. The van der Waals surface area contributed by atoms with Crippen LogP contribution in [0, 0.1) is 0 Å². The average Bonchev–Trinajstić information content (AvgIpc) is 2.31. The first kappa shape index (κ1) is 15.2. The largest absolute Gasteiger partial charge is 0.353 e. The highest BCUT2D eigenvalue weighted by molar-refractivity contribution is 5.79. The summed E-state index contributed by atoms with van der Waals surface area (Å²) in [6.07, 6.45) is 7.08. The minimum Gasteiger partial charge on any atom is -0.353 e. The highest BCUT2D eigenvalue weighted by Crippen LogP contribution is 2.06. The molecule has 0 aliphatic rings. The van der Waals surface area contributed by atoms with Crippen molar-refractivity contribution in [1.29, 1.82) is 0 Å². The maximum absolute atomic E-state index is 5.44. The molecule has 0 aliphatic heterocycles. The maximum Gasteiger partial charge on any atom is 0.205 e. The monoisotopic (exact) mass is 228 g/mol. The average molecular weight is 228 g/mol. The molecule has 0 saturated heterocycles. The number of rotatable bonds is 8. The van der Waals surface area contributed by atoms with E-state index in [0.29, 0.717) is 6.04 Å². The number of hydrogen-bond donors (Lipinski definition) is 3. The third kappa shape index (κ3) is 7.51. The van der Waals surface area contributed by atoms with E-state index >= 15 is 0 Å². The van der Waals surface area contributed by atoms with Crippen molar-refractivity contribution in [2.75, 3.05) is 6.54 Å². The van der Waals surface area contributed by atoms with Crippen molar-refractivity contribution in [3.63, 3.8) is 0 Å². The van der Waals surface area contributed by atoms with Gasteiger partial charge in [-0.25, -0.2) is 5.84 Å². The number of nitrogens with zero attached hydrogens (tertiary/aromatic N) is 1. The van der Waals surface area contributed by atoms with Crippen LogP contribution >= 0.6 is 0 Å². The van der Waals surface area contributed by atoms with Crippen molar-refractivity contribution >= 4 is 5.96 Å². The molecule has 16 heavy (non-hydrogen) atoms. The molecule has 4 heteroatoms. The molecule has 0 aromatic carbocycles. The second-order valence-electron chi connectivity index (χ2n) is 4.15. The summed E-state index contributed by atoms with van der Waals surface area (Å²) in [4.78, 5) is 4.36. The van der Waals surface area contributed by atoms with Gasteiger partial charge in [0.1, 0.15) is 0 Å². The van der Waals surface area contributed by atoms with Gasteiger partial charge in [-0.15, -0.1) is 0 Å². The lowest BCUT2D eigenvalue weighted by Crippen LogP contribution is -2.46. The molecule has 0 aromatic heterocycles. The quantitative estimate of drug-likeness (QED) is 0.258. The predicted molar refractivity (Wildman–Crippen MR) is 71.3 cm³/mol. The van der Waals surface area contributed by atoms with E-state index in [1.807, 2.05) is 0 Å². The van der Waals surface area contributed by atoms with E-state index in [1.54, 1.807) is 0 Å². The summed E-state index contributed by atoms with van der Waals surface area (Å²) in [5.74, 6) is 6.18. The molecule has 0 heterocycles. The zero-order valence-electron chi connectivity index (χ0n) is 11.1. The molecule has 1 unspecified atom stereocenters. The number of aliphatic imine (C=N–C) groups is 1. The number of unbranched alkanes of at least 4 members (excludes halogenated alkanes) is 1. The zero-order valence-corrected chi connectivity index (χ0v) is 11.1. The minimum absolute atomic E-state index is 0.497. The summed E-state index contributed by atoms with van der Waals surface area (Å²) in [5.41, 5.74) is 2.64. The molecule has 1 atom stereocenters. The Bertz CT molecular complexity index is 180. The van der Waals surface area contributed by atoms with Gasteiger partial charge < -0.3 is 5.32 Å². The van der Waals surface area contributed by atoms with Gasteiger partial charge >= 0.3 is 0 Å². The van der Waals surface area contributed by atoms with Gasteiger partial charge in [-0.2, -0.15) is 0 Å². The number of nitrogens with one attached hydrogen (secondary N) is 2. The Labute approximate surface area is 100 Å².